The molecule has 2 aromatic heterocycles. The van der Waals surface area contributed by atoms with Gasteiger partial charge in [-0.05, 0) is 36.2 Å². The molecule has 0 saturated carbocycles. The van der Waals surface area contributed by atoms with Crippen molar-refractivity contribution in [3.63, 3.8) is 0 Å². The first-order chi connectivity index (χ1) is 17.2. The highest BCUT2D eigenvalue weighted by Gasteiger charge is 2.24. The summed E-state index contributed by atoms with van der Waals surface area (Å²) in [6.07, 6.45) is 2.36. The fraction of sp³-hybridized carbons (Fsp3) is 0.308. The second kappa shape index (κ2) is 10.3. The molecule has 0 fully saturated rings. The summed E-state index contributed by atoms with van der Waals surface area (Å²) in [5.41, 5.74) is 3.34. The van der Waals surface area contributed by atoms with Gasteiger partial charge in [0.05, 0.1) is 24.8 Å². The summed E-state index contributed by atoms with van der Waals surface area (Å²) in [5, 5.41) is 8.53. The number of fused-ring (bicyclic) bond motifs is 4. The van der Waals surface area contributed by atoms with Crippen molar-refractivity contribution in [1.29, 1.82) is 5.26 Å². The fourth-order valence-electron chi connectivity index (χ4n) is 3.96. The van der Waals surface area contributed by atoms with Crippen molar-refractivity contribution in [2.75, 3.05) is 26.4 Å². The monoisotopic (exact) mass is 470 g/mol. The Bertz CT molecular complexity index is 1400. The smallest absolute Gasteiger partial charge is 0.351 e. The Morgan fingerprint density at radius 3 is 3.11 bits per heavy atom. The number of hydrogen-bond donors (Lipinski definition) is 0. The van der Waals surface area contributed by atoms with E-state index in [4.69, 9.17) is 24.2 Å². The topological polar surface area (TPSA) is 108 Å². The number of benzene rings is 1. The molecule has 35 heavy (non-hydrogen) atoms. The van der Waals surface area contributed by atoms with Gasteiger partial charge in [-0.3, -0.25) is 4.57 Å². The molecule has 0 radical (unpaired) electrons. The molecule has 176 valence electrons. The maximum Gasteiger partial charge on any atom is 0.351 e. The molecule has 0 N–H and O–H groups in total. The highest BCUT2D eigenvalue weighted by Crippen LogP contribution is 2.31. The minimum atomic E-state index is -0.350. The first-order valence-electron chi connectivity index (χ1n) is 11.3. The van der Waals surface area contributed by atoms with E-state index in [9.17, 15) is 4.79 Å². The number of hydrogen-bond acceptors (Lipinski definition) is 8. The number of ether oxygens (including phenoxy) is 4. The van der Waals surface area contributed by atoms with Crippen molar-refractivity contribution in [1.82, 2.24) is 14.5 Å². The summed E-state index contributed by atoms with van der Waals surface area (Å²) < 4.78 is 24.3. The maximum absolute atomic E-state index is 12.7. The van der Waals surface area contributed by atoms with E-state index in [1.54, 1.807) is 29.0 Å². The van der Waals surface area contributed by atoms with Gasteiger partial charge in [0.15, 0.2) is 11.9 Å². The lowest BCUT2D eigenvalue weighted by atomic mass is 9.95. The number of rotatable bonds is 6. The molecule has 2 aliphatic rings. The highest BCUT2D eigenvalue weighted by atomic mass is 16.6. The molecule has 5 rings (SSSR count). The molecule has 3 aromatic rings. The summed E-state index contributed by atoms with van der Waals surface area (Å²) in [6.45, 7) is 1.67. The van der Waals surface area contributed by atoms with Gasteiger partial charge in [0, 0.05) is 29.9 Å². The van der Waals surface area contributed by atoms with Crippen molar-refractivity contribution < 1.29 is 18.9 Å². The Balaban J connectivity index is 1.29. The van der Waals surface area contributed by atoms with Crippen LogP contribution in [0.3, 0.4) is 0 Å². The van der Waals surface area contributed by atoms with Crippen LogP contribution in [-0.2, 0) is 17.7 Å². The third-order valence-electron chi connectivity index (χ3n) is 5.59. The van der Waals surface area contributed by atoms with Crippen LogP contribution in [0.4, 0.5) is 0 Å². The lowest BCUT2D eigenvalue weighted by molar-refractivity contribution is 0.0486. The Morgan fingerprint density at radius 2 is 2.20 bits per heavy atom. The van der Waals surface area contributed by atoms with Crippen LogP contribution in [-0.4, -0.2) is 47.1 Å². The molecule has 1 unspecified atom stereocenters. The lowest BCUT2D eigenvalue weighted by Gasteiger charge is -2.25. The molecule has 2 aliphatic heterocycles. The zero-order valence-electron chi connectivity index (χ0n) is 18.9. The van der Waals surface area contributed by atoms with E-state index < -0.39 is 0 Å². The Morgan fingerprint density at radius 1 is 1.26 bits per heavy atom. The summed E-state index contributed by atoms with van der Waals surface area (Å²) >= 11 is 0. The average Bonchev–Trinajstić information content (AvgIpc) is 2.89. The molecular formula is C26H22N4O5. The summed E-state index contributed by atoms with van der Waals surface area (Å²) in [7, 11) is 0. The molecule has 0 aliphatic carbocycles. The highest BCUT2D eigenvalue weighted by molar-refractivity contribution is 5.68. The van der Waals surface area contributed by atoms with Gasteiger partial charge in [-0.15, -0.1) is 0 Å². The quantitative estimate of drug-likeness (QED) is 0.399. The first kappa shape index (κ1) is 22.5. The molecular weight excluding hydrogens is 448 g/mol. The summed E-state index contributed by atoms with van der Waals surface area (Å²) in [6, 6.07) is 13.3. The molecule has 4 heterocycles. The molecule has 9 heteroatoms. The fourth-order valence-corrected chi connectivity index (χ4v) is 3.96. The summed E-state index contributed by atoms with van der Waals surface area (Å²) in [5.74, 6) is 7.32. The van der Waals surface area contributed by atoms with Crippen molar-refractivity contribution >= 4 is 0 Å². The zero-order valence-corrected chi connectivity index (χ0v) is 18.9. The second-order valence-electron chi connectivity index (χ2n) is 7.97. The van der Waals surface area contributed by atoms with Gasteiger partial charge < -0.3 is 18.9 Å². The molecule has 1 aromatic carbocycles. The van der Waals surface area contributed by atoms with E-state index in [0.717, 1.165) is 22.4 Å². The number of nitrogens with zero attached hydrogens (tertiary/aromatic N) is 4. The minimum Gasteiger partial charge on any atom is -0.478 e. The number of nitriles is 1. The number of pyridine rings is 1. The first-order valence-corrected chi connectivity index (χ1v) is 11.3. The standard InChI is InChI=1S/C26H22N4O5/c27-9-3-13-32-12-2-4-18-6-7-21-19(14-18)8-11-30-22(21)15-24(29-26(30)31)33-16-20-17-34-25-23(35-20)5-1-10-28-25/h1,5-7,10,14-15,20H,3,8,11-13,16-17H2. The number of aryl methyl sites for hydroxylation is 1. The molecule has 1 atom stereocenters. The van der Waals surface area contributed by atoms with Crippen LogP contribution in [0.1, 0.15) is 17.5 Å². The third-order valence-corrected chi connectivity index (χ3v) is 5.59. The number of aromatic nitrogens is 3. The summed E-state index contributed by atoms with van der Waals surface area (Å²) in [4.78, 5) is 20.9. The van der Waals surface area contributed by atoms with E-state index in [-0.39, 0.29) is 30.9 Å². The van der Waals surface area contributed by atoms with Crippen LogP contribution in [0.2, 0.25) is 0 Å². The van der Waals surface area contributed by atoms with E-state index in [1.165, 1.54) is 0 Å². The Kier molecular flexibility index (Phi) is 6.60. The van der Waals surface area contributed by atoms with E-state index in [2.05, 4.69) is 21.8 Å². The van der Waals surface area contributed by atoms with Crippen molar-refractivity contribution in [3.05, 3.63) is 64.2 Å². The normalized spacial score (nSPS) is 15.1. The molecule has 0 saturated heterocycles. The van der Waals surface area contributed by atoms with Gasteiger partial charge in [0.2, 0.25) is 5.88 Å². The van der Waals surface area contributed by atoms with Crippen LogP contribution in [0.15, 0.2) is 47.4 Å². The van der Waals surface area contributed by atoms with Crippen molar-refractivity contribution in [3.8, 4) is 46.7 Å². The predicted molar refractivity (Wildman–Crippen MR) is 125 cm³/mol. The van der Waals surface area contributed by atoms with Gasteiger partial charge in [-0.2, -0.15) is 10.2 Å². The van der Waals surface area contributed by atoms with Crippen LogP contribution in [0.25, 0.3) is 11.3 Å². The van der Waals surface area contributed by atoms with E-state index in [1.807, 2.05) is 24.3 Å². The Hall–Kier alpha value is -4.34. The van der Waals surface area contributed by atoms with Crippen molar-refractivity contribution in [2.45, 2.75) is 25.5 Å². The SMILES string of the molecule is N#CCCOCC#Cc1ccc2c(c1)CCn1c-2cc(OCC2COc3ncccc3O2)nc1=O. The third kappa shape index (κ3) is 5.11. The van der Waals surface area contributed by atoms with Gasteiger partial charge in [-0.25, -0.2) is 9.78 Å². The second-order valence-corrected chi connectivity index (χ2v) is 7.97. The van der Waals surface area contributed by atoms with Gasteiger partial charge in [-0.1, -0.05) is 17.9 Å². The van der Waals surface area contributed by atoms with Gasteiger partial charge in [0.25, 0.3) is 5.88 Å². The van der Waals surface area contributed by atoms with E-state index in [0.29, 0.717) is 44.2 Å². The zero-order chi connectivity index (χ0) is 24.0. The Labute approximate surface area is 201 Å². The molecule has 0 spiro atoms. The maximum atomic E-state index is 12.7. The minimum absolute atomic E-state index is 0.183. The van der Waals surface area contributed by atoms with Crippen LogP contribution >= 0.6 is 0 Å². The lowest BCUT2D eigenvalue weighted by Crippen LogP contribution is -2.35. The molecule has 9 nitrogen and oxygen atoms in total. The van der Waals surface area contributed by atoms with Gasteiger partial charge in [0.1, 0.15) is 19.8 Å². The molecule has 0 amide bonds. The van der Waals surface area contributed by atoms with Crippen LogP contribution in [0, 0.1) is 23.2 Å². The van der Waals surface area contributed by atoms with Crippen LogP contribution < -0.4 is 19.9 Å². The average molecular weight is 470 g/mol. The van der Waals surface area contributed by atoms with Crippen molar-refractivity contribution in [2.24, 2.45) is 0 Å². The molecule has 0 bridgehead atoms. The largest absolute Gasteiger partial charge is 0.478 e. The predicted octanol–water partition coefficient (Wildman–Crippen LogP) is 2.36. The van der Waals surface area contributed by atoms with E-state index >= 15 is 0 Å². The van der Waals surface area contributed by atoms with Gasteiger partial charge >= 0.3 is 5.69 Å². The van der Waals surface area contributed by atoms with Crippen LogP contribution in [0.5, 0.6) is 17.5 Å².